The number of hydrogen-bond donors (Lipinski definition) is 2. The summed E-state index contributed by atoms with van der Waals surface area (Å²) in [7, 11) is -1.48. The summed E-state index contributed by atoms with van der Waals surface area (Å²) in [6.07, 6.45) is 3.37. The van der Waals surface area contributed by atoms with Gasteiger partial charge in [-0.05, 0) is 31.4 Å². The molecule has 0 radical (unpaired) electrons. The second kappa shape index (κ2) is 10.1. The van der Waals surface area contributed by atoms with E-state index in [0.29, 0.717) is 38.6 Å². The lowest BCUT2D eigenvalue weighted by Crippen LogP contribution is -2.54. The number of ether oxygens (including phenoxy) is 1. The van der Waals surface area contributed by atoms with Crippen LogP contribution >= 0.6 is 24.0 Å². The highest BCUT2D eigenvalue weighted by atomic mass is 127. The fourth-order valence-corrected chi connectivity index (χ4v) is 5.05. The van der Waals surface area contributed by atoms with Gasteiger partial charge < -0.3 is 20.3 Å². The van der Waals surface area contributed by atoms with E-state index in [0.717, 1.165) is 19.5 Å². The van der Waals surface area contributed by atoms with Crippen molar-refractivity contribution < 1.29 is 13.2 Å². The standard InChI is InChI=1S/C19H30N4O3S.HI/c1-20-18(21-15-19(27(2,24)25)9-12-26-13-10-19)22-16-8-11-23(14-16)17-6-4-3-5-7-17;/h3-7,16H,8-15H2,1-2H3,(H2,20,21,22);1H. The maximum absolute atomic E-state index is 12.4. The zero-order valence-corrected chi connectivity index (χ0v) is 19.7. The Kier molecular flexibility index (Phi) is 8.38. The lowest BCUT2D eigenvalue weighted by atomic mass is 9.99. The molecular formula is C19H31IN4O3S. The van der Waals surface area contributed by atoms with Crippen LogP contribution in [-0.4, -0.2) is 71.3 Å². The zero-order valence-electron chi connectivity index (χ0n) is 16.6. The summed E-state index contributed by atoms with van der Waals surface area (Å²) < 4.78 is 29.4. The number of aliphatic imine (C=N–C) groups is 1. The third-order valence-corrected chi connectivity index (χ3v) is 7.77. The van der Waals surface area contributed by atoms with Gasteiger partial charge in [-0.25, -0.2) is 8.42 Å². The van der Waals surface area contributed by atoms with E-state index >= 15 is 0 Å². The third kappa shape index (κ3) is 5.50. The molecule has 2 N–H and O–H groups in total. The van der Waals surface area contributed by atoms with Crippen LogP contribution in [0.25, 0.3) is 0 Å². The maximum Gasteiger partial charge on any atom is 0.191 e. The minimum atomic E-state index is -3.20. The quantitative estimate of drug-likeness (QED) is 0.348. The van der Waals surface area contributed by atoms with Gasteiger partial charge in [0.25, 0.3) is 0 Å². The Bertz CT molecular complexity index is 752. The van der Waals surface area contributed by atoms with Crippen molar-refractivity contribution in [1.29, 1.82) is 0 Å². The number of nitrogens with zero attached hydrogens (tertiary/aromatic N) is 2. The average Bonchev–Trinajstić information content (AvgIpc) is 3.14. The molecule has 1 unspecified atom stereocenters. The van der Waals surface area contributed by atoms with Crippen molar-refractivity contribution in [3.63, 3.8) is 0 Å². The van der Waals surface area contributed by atoms with E-state index in [4.69, 9.17) is 4.74 Å². The van der Waals surface area contributed by atoms with Gasteiger partial charge in [0.05, 0.1) is 4.75 Å². The molecule has 2 aliphatic heterocycles. The second-order valence-corrected chi connectivity index (χ2v) is 9.82. The van der Waals surface area contributed by atoms with Gasteiger partial charge in [-0.15, -0.1) is 24.0 Å². The number of sulfone groups is 1. The van der Waals surface area contributed by atoms with E-state index in [1.54, 1.807) is 7.05 Å². The van der Waals surface area contributed by atoms with Gasteiger partial charge in [-0.3, -0.25) is 4.99 Å². The lowest BCUT2D eigenvalue weighted by Gasteiger charge is -2.36. The summed E-state index contributed by atoms with van der Waals surface area (Å²) in [5.74, 6) is 0.657. The Balaban J connectivity index is 0.00000280. The number of para-hydroxylation sites is 1. The fraction of sp³-hybridized carbons (Fsp3) is 0.632. The van der Waals surface area contributed by atoms with E-state index < -0.39 is 14.6 Å². The van der Waals surface area contributed by atoms with Gasteiger partial charge >= 0.3 is 0 Å². The number of hydrogen-bond acceptors (Lipinski definition) is 5. The summed E-state index contributed by atoms with van der Waals surface area (Å²) in [6.45, 7) is 3.20. The van der Waals surface area contributed by atoms with Crippen LogP contribution in [0.3, 0.4) is 0 Å². The number of halogens is 1. The minimum Gasteiger partial charge on any atom is -0.381 e. The molecule has 2 fully saturated rings. The lowest BCUT2D eigenvalue weighted by molar-refractivity contribution is 0.0756. The summed E-state index contributed by atoms with van der Waals surface area (Å²) in [6, 6.07) is 10.6. The summed E-state index contributed by atoms with van der Waals surface area (Å²) in [4.78, 5) is 6.65. The van der Waals surface area contributed by atoms with E-state index in [9.17, 15) is 8.42 Å². The number of benzene rings is 1. The summed E-state index contributed by atoms with van der Waals surface area (Å²) in [5, 5.41) is 6.70. The predicted octanol–water partition coefficient (Wildman–Crippen LogP) is 1.64. The Labute approximate surface area is 185 Å². The molecule has 2 heterocycles. The normalized spacial score (nSPS) is 22.4. The van der Waals surface area contributed by atoms with Gasteiger partial charge in [0.2, 0.25) is 0 Å². The molecule has 0 aromatic heterocycles. The Morgan fingerprint density at radius 1 is 1.29 bits per heavy atom. The van der Waals surface area contributed by atoms with Crippen molar-refractivity contribution in [2.75, 3.05) is 51.1 Å². The van der Waals surface area contributed by atoms with Gasteiger partial charge in [0.15, 0.2) is 15.8 Å². The molecule has 158 valence electrons. The molecule has 0 aliphatic carbocycles. The number of anilines is 1. The topological polar surface area (TPSA) is 83.0 Å². The van der Waals surface area contributed by atoms with Crippen LogP contribution in [-0.2, 0) is 14.6 Å². The first-order valence-electron chi connectivity index (χ1n) is 9.48. The van der Waals surface area contributed by atoms with Crippen molar-refractivity contribution in [2.24, 2.45) is 4.99 Å². The summed E-state index contributed by atoms with van der Waals surface area (Å²) in [5.41, 5.74) is 1.22. The smallest absolute Gasteiger partial charge is 0.191 e. The van der Waals surface area contributed by atoms with Crippen LogP contribution in [0.15, 0.2) is 35.3 Å². The molecule has 28 heavy (non-hydrogen) atoms. The van der Waals surface area contributed by atoms with Crippen LogP contribution in [0, 0.1) is 0 Å². The molecule has 1 atom stereocenters. The van der Waals surface area contributed by atoms with Gasteiger partial charge in [-0.2, -0.15) is 0 Å². The molecule has 0 spiro atoms. The minimum absolute atomic E-state index is 0. The Morgan fingerprint density at radius 2 is 1.96 bits per heavy atom. The van der Waals surface area contributed by atoms with Crippen molar-refractivity contribution in [3.05, 3.63) is 30.3 Å². The molecule has 0 amide bonds. The highest BCUT2D eigenvalue weighted by Gasteiger charge is 2.42. The van der Waals surface area contributed by atoms with Crippen molar-refractivity contribution in [3.8, 4) is 0 Å². The van der Waals surface area contributed by atoms with E-state index in [2.05, 4.69) is 44.8 Å². The van der Waals surface area contributed by atoms with E-state index in [1.807, 2.05) is 6.07 Å². The number of rotatable bonds is 5. The zero-order chi connectivity index (χ0) is 19.3. The van der Waals surface area contributed by atoms with Gasteiger partial charge in [0, 0.05) is 57.9 Å². The van der Waals surface area contributed by atoms with Crippen LogP contribution in [0.1, 0.15) is 19.3 Å². The molecule has 7 nitrogen and oxygen atoms in total. The summed E-state index contributed by atoms with van der Waals surface area (Å²) >= 11 is 0. The molecule has 1 aromatic rings. The highest BCUT2D eigenvalue weighted by molar-refractivity contribution is 14.0. The van der Waals surface area contributed by atoms with Crippen molar-refractivity contribution in [2.45, 2.75) is 30.1 Å². The van der Waals surface area contributed by atoms with Crippen molar-refractivity contribution in [1.82, 2.24) is 10.6 Å². The molecular weight excluding hydrogens is 491 g/mol. The van der Waals surface area contributed by atoms with Crippen LogP contribution < -0.4 is 15.5 Å². The first-order chi connectivity index (χ1) is 12.9. The maximum atomic E-state index is 12.4. The van der Waals surface area contributed by atoms with Crippen LogP contribution in [0.2, 0.25) is 0 Å². The molecule has 1 aromatic carbocycles. The highest BCUT2D eigenvalue weighted by Crippen LogP contribution is 2.28. The largest absolute Gasteiger partial charge is 0.381 e. The molecule has 2 saturated heterocycles. The molecule has 2 aliphatic rings. The molecule has 0 saturated carbocycles. The van der Waals surface area contributed by atoms with Gasteiger partial charge in [-0.1, -0.05) is 18.2 Å². The third-order valence-electron chi connectivity index (χ3n) is 5.64. The SMILES string of the molecule is CN=C(NCC1(S(C)(=O)=O)CCOCC1)NC1CCN(c2ccccc2)C1.I. The van der Waals surface area contributed by atoms with Crippen LogP contribution in [0.5, 0.6) is 0 Å². The monoisotopic (exact) mass is 522 g/mol. The molecule has 3 rings (SSSR count). The first-order valence-corrected chi connectivity index (χ1v) is 11.4. The molecule has 0 bridgehead atoms. The van der Waals surface area contributed by atoms with Crippen LogP contribution in [0.4, 0.5) is 5.69 Å². The second-order valence-electron chi connectivity index (χ2n) is 7.40. The Hall–Kier alpha value is -1.07. The van der Waals surface area contributed by atoms with Crippen molar-refractivity contribution >= 4 is 45.5 Å². The average molecular weight is 522 g/mol. The number of guanidine groups is 1. The number of nitrogens with one attached hydrogen (secondary N) is 2. The van der Waals surface area contributed by atoms with E-state index in [1.165, 1.54) is 11.9 Å². The van der Waals surface area contributed by atoms with Gasteiger partial charge in [0.1, 0.15) is 0 Å². The fourth-order valence-electron chi connectivity index (χ4n) is 3.81. The predicted molar refractivity (Wildman–Crippen MR) is 125 cm³/mol. The first kappa shape index (κ1) is 23.2. The van der Waals surface area contributed by atoms with E-state index in [-0.39, 0.29) is 30.0 Å². The molecule has 9 heteroatoms. The Morgan fingerprint density at radius 3 is 2.57 bits per heavy atom.